The first-order chi connectivity index (χ1) is 7.84. The maximum Gasteiger partial charge on any atom is 0.176 e. The van der Waals surface area contributed by atoms with Gasteiger partial charge in [0.2, 0.25) is 0 Å². The molecular formula is C11H10N2OS2. The third kappa shape index (κ3) is 1.66. The fourth-order valence-electron chi connectivity index (χ4n) is 1.90. The van der Waals surface area contributed by atoms with Crippen LogP contribution in [0, 0.1) is 3.95 Å². The van der Waals surface area contributed by atoms with Crippen molar-refractivity contribution >= 4 is 23.6 Å². The summed E-state index contributed by atoms with van der Waals surface area (Å²) in [6.45, 7) is 0.792. The molecule has 1 aromatic heterocycles. The molecule has 0 bridgehead atoms. The molecule has 16 heavy (non-hydrogen) atoms. The molecule has 0 saturated carbocycles. The minimum Gasteiger partial charge on any atom is -0.493 e. The Morgan fingerprint density at radius 1 is 1.44 bits per heavy atom. The van der Waals surface area contributed by atoms with E-state index in [1.807, 2.05) is 12.1 Å². The average molecular weight is 250 g/mol. The van der Waals surface area contributed by atoms with Crippen molar-refractivity contribution in [1.29, 1.82) is 0 Å². The molecule has 1 aliphatic rings. The molecule has 2 aromatic rings. The van der Waals surface area contributed by atoms with E-state index < -0.39 is 0 Å². The molecule has 0 spiro atoms. The van der Waals surface area contributed by atoms with Crippen LogP contribution in [0.5, 0.6) is 5.75 Å². The standard InChI is InChI=1S/C11H10N2OS2/c15-11-13-12-10(16-11)8-5-1-3-7-4-2-6-14-9(7)8/h1,3,5H,2,4,6H2,(H,13,15). The molecule has 2 heterocycles. The highest BCUT2D eigenvalue weighted by Gasteiger charge is 2.16. The number of aromatic nitrogens is 2. The summed E-state index contributed by atoms with van der Waals surface area (Å²) in [7, 11) is 0. The van der Waals surface area contributed by atoms with E-state index in [-0.39, 0.29) is 0 Å². The Bertz CT molecular complexity index is 573. The van der Waals surface area contributed by atoms with Gasteiger partial charge in [0.1, 0.15) is 10.8 Å². The Labute approximate surface area is 102 Å². The van der Waals surface area contributed by atoms with Gasteiger partial charge < -0.3 is 4.74 Å². The molecule has 0 saturated heterocycles. The minimum absolute atomic E-state index is 0.698. The summed E-state index contributed by atoms with van der Waals surface area (Å²) < 4.78 is 6.43. The number of para-hydroxylation sites is 1. The van der Waals surface area contributed by atoms with E-state index in [0.29, 0.717) is 3.95 Å². The number of H-pyrrole nitrogens is 1. The van der Waals surface area contributed by atoms with Gasteiger partial charge in [0.25, 0.3) is 0 Å². The van der Waals surface area contributed by atoms with Gasteiger partial charge >= 0.3 is 0 Å². The van der Waals surface area contributed by atoms with Gasteiger partial charge in [-0.3, -0.25) is 5.10 Å². The van der Waals surface area contributed by atoms with Crippen LogP contribution in [0.4, 0.5) is 0 Å². The molecule has 0 radical (unpaired) electrons. The lowest BCUT2D eigenvalue weighted by Crippen LogP contribution is -2.09. The second kappa shape index (κ2) is 3.99. The summed E-state index contributed by atoms with van der Waals surface area (Å²) in [4.78, 5) is 0. The van der Waals surface area contributed by atoms with Gasteiger partial charge in [0, 0.05) is 0 Å². The highest BCUT2D eigenvalue weighted by molar-refractivity contribution is 7.73. The smallest absolute Gasteiger partial charge is 0.176 e. The summed E-state index contributed by atoms with van der Waals surface area (Å²) in [5, 5.41) is 7.91. The number of nitrogens with one attached hydrogen (secondary N) is 1. The van der Waals surface area contributed by atoms with Crippen molar-refractivity contribution < 1.29 is 4.74 Å². The second-order valence-electron chi connectivity index (χ2n) is 3.66. The van der Waals surface area contributed by atoms with Gasteiger partial charge in [0.05, 0.1) is 12.2 Å². The number of hydrogen-bond donors (Lipinski definition) is 1. The van der Waals surface area contributed by atoms with Gasteiger partial charge in [-0.2, -0.15) is 5.10 Å². The van der Waals surface area contributed by atoms with E-state index in [2.05, 4.69) is 16.3 Å². The lowest BCUT2D eigenvalue weighted by atomic mass is 10.0. The fraction of sp³-hybridized carbons (Fsp3) is 0.273. The Kier molecular flexibility index (Phi) is 2.49. The predicted octanol–water partition coefficient (Wildman–Crippen LogP) is 3.19. The molecule has 0 unspecified atom stereocenters. The van der Waals surface area contributed by atoms with Crippen molar-refractivity contribution in [2.24, 2.45) is 0 Å². The maximum atomic E-state index is 5.74. The van der Waals surface area contributed by atoms with Crippen molar-refractivity contribution in [2.45, 2.75) is 12.8 Å². The lowest BCUT2D eigenvalue weighted by molar-refractivity contribution is 0.289. The number of rotatable bonds is 1. The molecule has 0 fully saturated rings. The summed E-state index contributed by atoms with van der Waals surface area (Å²) in [5.74, 6) is 0.978. The molecule has 1 N–H and O–H groups in total. The van der Waals surface area contributed by atoms with Crippen LogP contribution in [0.25, 0.3) is 10.6 Å². The molecule has 0 aliphatic carbocycles. The van der Waals surface area contributed by atoms with E-state index in [1.165, 1.54) is 16.9 Å². The number of benzene rings is 1. The first-order valence-electron chi connectivity index (χ1n) is 5.15. The third-order valence-corrected chi connectivity index (χ3v) is 3.72. The van der Waals surface area contributed by atoms with Gasteiger partial charge in [-0.25, -0.2) is 0 Å². The SMILES string of the molecule is S=c1[nH]nc(-c2cccc3c2OCCC3)s1. The third-order valence-electron chi connectivity index (χ3n) is 2.60. The Balaban J connectivity index is 2.17. The molecule has 3 nitrogen and oxygen atoms in total. The lowest BCUT2D eigenvalue weighted by Gasteiger charge is -2.19. The van der Waals surface area contributed by atoms with Crippen LogP contribution in [0.2, 0.25) is 0 Å². The highest BCUT2D eigenvalue weighted by atomic mass is 32.1. The van der Waals surface area contributed by atoms with Crippen molar-refractivity contribution in [2.75, 3.05) is 6.61 Å². The zero-order chi connectivity index (χ0) is 11.0. The Morgan fingerprint density at radius 3 is 3.19 bits per heavy atom. The van der Waals surface area contributed by atoms with Crippen LogP contribution >= 0.6 is 23.6 Å². The van der Waals surface area contributed by atoms with Crippen molar-refractivity contribution in [3.05, 3.63) is 27.7 Å². The minimum atomic E-state index is 0.698. The van der Waals surface area contributed by atoms with Crippen LogP contribution in [0.3, 0.4) is 0 Å². The maximum absolute atomic E-state index is 5.74. The molecule has 5 heteroatoms. The predicted molar refractivity (Wildman–Crippen MR) is 66.6 cm³/mol. The summed E-state index contributed by atoms with van der Waals surface area (Å²) >= 11 is 6.53. The van der Waals surface area contributed by atoms with Crippen LogP contribution < -0.4 is 4.74 Å². The van der Waals surface area contributed by atoms with Crippen molar-refractivity contribution in [3.8, 4) is 16.3 Å². The summed E-state index contributed by atoms with van der Waals surface area (Å²) in [6.07, 6.45) is 2.17. The van der Waals surface area contributed by atoms with Crippen molar-refractivity contribution in [3.63, 3.8) is 0 Å². The van der Waals surface area contributed by atoms with E-state index in [1.54, 1.807) is 0 Å². The molecule has 3 rings (SSSR count). The van der Waals surface area contributed by atoms with E-state index in [9.17, 15) is 0 Å². The summed E-state index contributed by atoms with van der Waals surface area (Å²) in [6, 6.07) is 6.20. The average Bonchev–Trinajstić information content (AvgIpc) is 2.75. The van der Waals surface area contributed by atoms with E-state index >= 15 is 0 Å². The number of fused-ring (bicyclic) bond motifs is 1. The van der Waals surface area contributed by atoms with Crippen LogP contribution in [-0.2, 0) is 6.42 Å². The van der Waals surface area contributed by atoms with Crippen LogP contribution in [0.15, 0.2) is 18.2 Å². The zero-order valence-corrected chi connectivity index (χ0v) is 10.2. The topological polar surface area (TPSA) is 37.9 Å². The monoisotopic (exact) mass is 250 g/mol. The first-order valence-corrected chi connectivity index (χ1v) is 6.37. The van der Waals surface area contributed by atoms with Gasteiger partial charge in [-0.15, -0.1) is 0 Å². The quantitative estimate of drug-likeness (QED) is 0.790. The number of ether oxygens (including phenoxy) is 1. The molecule has 1 aliphatic heterocycles. The van der Waals surface area contributed by atoms with Crippen molar-refractivity contribution in [1.82, 2.24) is 10.2 Å². The molecule has 82 valence electrons. The number of hydrogen-bond acceptors (Lipinski definition) is 4. The van der Waals surface area contributed by atoms with E-state index in [4.69, 9.17) is 17.0 Å². The van der Waals surface area contributed by atoms with E-state index in [0.717, 1.165) is 35.8 Å². The molecule has 1 aromatic carbocycles. The van der Waals surface area contributed by atoms with Gasteiger partial charge in [-0.05, 0) is 36.7 Å². The number of aryl methyl sites for hydroxylation is 1. The molecular weight excluding hydrogens is 240 g/mol. The summed E-state index contributed by atoms with van der Waals surface area (Å²) in [5.41, 5.74) is 2.32. The number of aromatic amines is 1. The van der Waals surface area contributed by atoms with Gasteiger partial charge in [0.15, 0.2) is 3.95 Å². The molecule has 0 atom stereocenters. The van der Waals surface area contributed by atoms with Gasteiger partial charge in [-0.1, -0.05) is 23.5 Å². The van der Waals surface area contributed by atoms with Crippen LogP contribution in [0.1, 0.15) is 12.0 Å². The fourth-order valence-corrected chi connectivity index (χ4v) is 2.81. The molecule has 0 amide bonds. The normalized spacial score (nSPS) is 14.2. The van der Waals surface area contributed by atoms with Crippen LogP contribution in [-0.4, -0.2) is 16.8 Å². The highest BCUT2D eigenvalue weighted by Crippen LogP contribution is 2.36. The largest absolute Gasteiger partial charge is 0.493 e. The Hall–Kier alpha value is -1.20. The number of nitrogens with zero attached hydrogens (tertiary/aromatic N) is 1. The zero-order valence-electron chi connectivity index (χ0n) is 8.53. The first kappa shape index (κ1) is 9.99. The Morgan fingerprint density at radius 2 is 2.38 bits per heavy atom. The second-order valence-corrected chi connectivity index (χ2v) is 5.33.